The quantitative estimate of drug-likeness (QED) is 0.721. The van der Waals surface area contributed by atoms with Gasteiger partial charge in [0.15, 0.2) is 5.78 Å². The van der Waals surface area contributed by atoms with Gasteiger partial charge in [0, 0.05) is 22.4 Å². The van der Waals surface area contributed by atoms with Gasteiger partial charge in [-0.1, -0.05) is 30.7 Å². The van der Waals surface area contributed by atoms with Gasteiger partial charge in [-0.15, -0.1) is 0 Å². The molecule has 0 aliphatic heterocycles. The van der Waals surface area contributed by atoms with Crippen molar-refractivity contribution in [2.45, 2.75) is 32.6 Å². The van der Waals surface area contributed by atoms with Crippen LogP contribution in [0, 0.1) is 11.8 Å². The number of ketones is 1. The van der Waals surface area contributed by atoms with E-state index < -0.39 is 0 Å². The summed E-state index contributed by atoms with van der Waals surface area (Å²) in [7, 11) is 1.63. The fourth-order valence-corrected chi connectivity index (χ4v) is 4.64. The topological polar surface area (TPSA) is 46.5 Å². The molecule has 0 radical (unpaired) electrons. The minimum atomic E-state index is 0.0509. The number of rotatable bonds is 4. The second kappa shape index (κ2) is 7.05. The Morgan fingerprint density at radius 3 is 2.63 bits per heavy atom. The predicted molar refractivity (Wildman–Crippen MR) is 108 cm³/mol. The molecule has 0 saturated heterocycles. The zero-order valence-electron chi connectivity index (χ0n) is 15.6. The van der Waals surface area contributed by atoms with Crippen LogP contribution in [-0.2, 0) is 11.2 Å². The Bertz CT molecular complexity index is 945. The van der Waals surface area contributed by atoms with E-state index in [2.05, 4.69) is 6.92 Å². The maximum Gasteiger partial charge on any atom is 0.169 e. The van der Waals surface area contributed by atoms with E-state index in [1.807, 2.05) is 30.3 Å². The van der Waals surface area contributed by atoms with Crippen LogP contribution in [0.3, 0.4) is 0 Å². The summed E-state index contributed by atoms with van der Waals surface area (Å²) < 4.78 is 5.50. The molecule has 27 heavy (non-hydrogen) atoms. The van der Waals surface area contributed by atoms with Gasteiger partial charge in [0.25, 0.3) is 0 Å². The lowest BCUT2D eigenvalue weighted by atomic mass is 9.81. The predicted octanol–water partition coefficient (Wildman–Crippen LogP) is 5.85. The average molecular weight is 383 g/mol. The minimum absolute atomic E-state index is 0.0509. The molecule has 2 aliphatic rings. The number of hydrogen-bond acceptors (Lipinski definition) is 3. The lowest BCUT2D eigenvalue weighted by molar-refractivity contribution is -0.117. The number of Topliss-reactive ketones (excluding diaryl/α,β-unsaturated/α-hetero) is 1. The average Bonchev–Trinajstić information content (AvgIpc) is 3.14. The van der Waals surface area contributed by atoms with Crippen molar-refractivity contribution < 1.29 is 14.6 Å². The molecule has 4 heteroatoms. The number of aliphatic hydroxyl groups is 1. The molecule has 2 aliphatic carbocycles. The number of carbonyl (C=O) groups is 1. The van der Waals surface area contributed by atoms with Gasteiger partial charge < -0.3 is 9.84 Å². The van der Waals surface area contributed by atoms with Crippen LogP contribution in [-0.4, -0.2) is 18.0 Å². The van der Waals surface area contributed by atoms with Crippen LogP contribution in [0.25, 0.3) is 16.7 Å². The van der Waals surface area contributed by atoms with E-state index in [0.29, 0.717) is 10.6 Å². The van der Waals surface area contributed by atoms with Crippen LogP contribution >= 0.6 is 11.6 Å². The molecule has 0 spiro atoms. The highest BCUT2D eigenvalue weighted by Gasteiger charge is 2.41. The third-order valence-electron chi connectivity index (χ3n) is 5.93. The van der Waals surface area contributed by atoms with Crippen molar-refractivity contribution in [3.05, 3.63) is 58.3 Å². The molecule has 2 atom stereocenters. The summed E-state index contributed by atoms with van der Waals surface area (Å²) in [6.45, 7) is 2.07. The molecule has 3 nitrogen and oxygen atoms in total. The van der Waals surface area contributed by atoms with Gasteiger partial charge in [0.2, 0.25) is 0 Å². The van der Waals surface area contributed by atoms with E-state index in [9.17, 15) is 9.90 Å². The van der Waals surface area contributed by atoms with E-state index in [4.69, 9.17) is 16.3 Å². The first kappa shape index (κ1) is 18.1. The molecule has 0 aromatic heterocycles. The second-order valence-electron chi connectivity index (χ2n) is 7.40. The summed E-state index contributed by atoms with van der Waals surface area (Å²) in [5.74, 6) is 1.26. The summed E-state index contributed by atoms with van der Waals surface area (Å²) in [4.78, 5) is 13.0. The lowest BCUT2D eigenvalue weighted by Gasteiger charge is -2.24. The summed E-state index contributed by atoms with van der Waals surface area (Å²) in [5, 5.41) is 11.4. The normalized spacial score (nSPS) is 21.7. The van der Waals surface area contributed by atoms with Gasteiger partial charge in [-0.2, -0.15) is 0 Å². The third kappa shape index (κ3) is 3.04. The fourth-order valence-electron chi connectivity index (χ4n) is 4.46. The van der Waals surface area contributed by atoms with Crippen LogP contribution in [0.5, 0.6) is 5.75 Å². The number of halogens is 1. The number of hydrogen-bond donors (Lipinski definition) is 1. The molecule has 1 N–H and O–H groups in total. The molecule has 4 rings (SSSR count). The Morgan fingerprint density at radius 1 is 1.11 bits per heavy atom. The first-order valence-corrected chi connectivity index (χ1v) is 9.85. The number of fused-ring (bicyclic) bond motifs is 2. The lowest BCUT2D eigenvalue weighted by Crippen LogP contribution is -2.22. The van der Waals surface area contributed by atoms with E-state index in [1.54, 1.807) is 13.2 Å². The molecule has 1 saturated carbocycles. The highest BCUT2D eigenvalue weighted by molar-refractivity contribution is 6.31. The van der Waals surface area contributed by atoms with E-state index in [1.165, 1.54) is 0 Å². The summed E-state index contributed by atoms with van der Waals surface area (Å²) >= 11 is 6.20. The van der Waals surface area contributed by atoms with Crippen molar-refractivity contribution in [1.82, 2.24) is 0 Å². The molecule has 0 unspecified atom stereocenters. The Morgan fingerprint density at radius 2 is 1.89 bits per heavy atom. The number of ether oxygens (including phenoxy) is 1. The molecule has 2 aromatic carbocycles. The van der Waals surface area contributed by atoms with Crippen molar-refractivity contribution >= 4 is 23.0 Å². The highest BCUT2D eigenvalue weighted by Crippen LogP contribution is 2.46. The number of carbonyl (C=O) groups excluding carboxylic acids is 1. The van der Waals surface area contributed by atoms with Gasteiger partial charge in [0.1, 0.15) is 11.5 Å². The number of allylic oxidation sites excluding steroid dienone is 2. The SMILES string of the molecule is CCc1ccc(-c2cc(Cl)ccc2OC)cc1C1=C(O)[C@H]2CC[C@H](C2)C1=O. The molecule has 0 amide bonds. The fraction of sp³-hybridized carbons (Fsp3) is 0.348. The minimum Gasteiger partial charge on any atom is -0.511 e. The second-order valence-corrected chi connectivity index (χ2v) is 7.84. The molecule has 2 bridgehead atoms. The first-order valence-electron chi connectivity index (χ1n) is 9.48. The zero-order chi connectivity index (χ0) is 19.1. The van der Waals surface area contributed by atoms with Crippen LogP contribution in [0.15, 0.2) is 42.2 Å². The van der Waals surface area contributed by atoms with E-state index >= 15 is 0 Å². The van der Waals surface area contributed by atoms with Crippen molar-refractivity contribution in [3.8, 4) is 16.9 Å². The van der Waals surface area contributed by atoms with Gasteiger partial charge in [-0.05, 0) is 66.6 Å². The van der Waals surface area contributed by atoms with Gasteiger partial charge in [-0.25, -0.2) is 0 Å². The van der Waals surface area contributed by atoms with E-state index in [0.717, 1.165) is 53.7 Å². The summed E-state index contributed by atoms with van der Waals surface area (Å²) in [6, 6.07) is 11.6. The Kier molecular flexibility index (Phi) is 4.73. The molecule has 2 aromatic rings. The molecule has 140 valence electrons. The monoisotopic (exact) mass is 382 g/mol. The number of benzene rings is 2. The van der Waals surface area contributed by atoms with Gasteiger partial charge in [0.05, 0.1) is 12.7 Å². The summed E-state index contributed by atoms with van der Waals surface area (Å²) in [5.41, 5.74) is 4.23. The standard InChI is InChI=1S/C23H23ClO3/c1-3-13-4-5-14(18-12-17(24)8-9-20(18)27-2)11-19(13)21-22(25)15-6-7-16(10-15)23(21)26/h4-5,8-9,11-12,15-16,25H,3,6-7,10H2,1-2H3/t15-,16+/m0/s1. The summed E-state index contributed by atoms with van der Waals surface area (Å²) in [6.07, 6.45) is 3.36. The smallest absolute Gasteiger partial charge is 0.169 e. The van der Waals surface area contributed by atoms with Crippen LogP contribution in [0.1, 0.15) is 37.3 Å². The van der Waals surface area contributed by atoms with Crippen LogP contribution < -0.4 is 4.74 Å². The van der Waals surface area contributed by atoms with Crippen molar-refractivity contribution in [2.75, 3.05) is 7.11 Å². The van der Waals surface area contributed by atoms with Crippen molar-refractivity contribution in [1.29, 1.82) is 0 Å². The highest BCUT2D eigenvalue weighted by atomic mass is 35.5. The Labute approximate surface area is 164 Å². The molecule has 0 heterocycles. The molecule has 1 fully saturated rings. The van der Waals surface area contributed by atoms with Gasteiger partial charge >= 0.3 is 0 Å². The third-order valence-corrected chi connectivity index (χ3v) is 6.16. The largest absolute Gasteiger partial charge is 0.511 e. The van der Waals surface area contributed by atoms with Crippen LogP contribution in [0.2, 0.25) is 5.02 Å². The Hall–Kier alpha value is -2.26. The van der Waals surface area contributed by atoms with Crippen LogP contribution in [0.4, 0.5) is 0 Å². The first-order chi connectivity index (χ1) is 13.0. The number of methoxy groups -OCH3 is 1. The maximum atomic E-state index is 13.0. The maximum absolute atomic E-state index is 13.0. The van der Waals surface area contributed by atoms with Crippen molar-refractivity contribution in [2.24, 2.45) is 11.8 Å². The number of aliphatic hydroxyl groups excluding tert-OH is 1. The van der Waals surface area contributed by atoms with Gasteiger partial charge in [-0.3, -0.25) is 4.79 Å². The number of aryl methyl sites for hydroxylation is 1. The van der Waals surface area contributed by atoms with E-state index in [-0.39, 0.29) is 23.4 Å². The molecular weight excluding hydrogens is 360 g/mol. The zero-order valence-corrected chi connectivity index (χ0v) is 16.3. The Balaban J connectivity index is 1.90. The molecular formula is C23H23ClO3. The van der Waals surface area contributed by atoms with Crippen molar-refractivity contribution in [3.63, 3.8) is 0 Å².